The Morgan fingerprint density at radius 3 is 2.57 bits per heavy atom. The van der Waals surface area contributed by atoms with Gasteiger partial charge in [-0.3, -0.25) is 19.3 Å². The summed E-state index contributed by atoms with van der Waals surface area (Å²) in [5, 5.41) is 3.12. The number of rotatable bonds is 4. The van der Waals surface area contributed by atoms with Gasteiger partial charge < -0.3 is 19.9 Å². The van der Waals surface area contributed by atoms with Crippen molar-refractivity contribution in [2.24, 2.45) is 11.8 Å². The first-order chi connectivity index (χ1) is 18.0. The number of ether oxygens (including phenoxy) is 1. The van der Waals surface area contributed by atoms with Crippen LogP contribution in [0.4, 0.5) is 0 Å². The van der Waals surface area contributed by atoms with Crippen molar-refractivity contribution in [1.29, 1.82) is 0 Å². The second-order valence-corrected chi connectivity index (χ2v) is 11.1. The Kier molecular flexibility index (Phi) is 8.13. The lowest BCUT2D eigenvalue weighted by Gasteiger charge is -2.41. The van der Waals surface area contributed by atoms with Crippen LogP contribution in [-0.4, -0.2) is 83.8 Å². The van der Waals surface area contributed by atoms with Crippen molar-refractivity contribution in [1.82, 2.24) is 20.0 Å². The molecule has 2 saturated heterocycles. The highest BCUT2D eigenvalue weighted by atomic mass is 16.5. The lowest BCUT2D eigenvalue weighted by molar-refractivity contribution is -0.137. The molecule has 1 aromatic carbocycles. The Hall–Kier alpha value is -2.87. The zero-order chi connectivity index (χ0) is 25.8. The van der Waals surface area contributed by atoms with Gasteiger partial charge >= 0.3 is 0 Å². The Morgan fingerprint density at radius 1 is 1.03 bits per heavy atom. The number of hydrogen-bond donors (Lipinski definition) is 1. The van der Waals surface area contributed by atoms with Crippen LogP contribution < -0.4 is 10.1 Å². The van der Waals surface area contributed by atoms with Crippen LogP contribution in [0, 0.1) is 11.8 Å². The number of para-hydroxylation sites is 1. The second-order valence-electron chi connectivity index (χ2n) is 11.1. The van der Waals surface area contributed by atoms with E-state index in [9.17, 15) is 14.4 Å². The molecule has 37 heavy (non-hydrogen) atoms. The van der Waals surface area contributed by atoms with Crippen molar-refractivity contribution < 1.29 is 19.1 Å². The van der Waals surface area contributed by atoms with E-state index < -0.39 is 0 Å². The van der Waals surface area contributed by atoms with Crippen molar-refractivity contribution in [2.75, 3.05) is 39.3 Å². The summed E-state index contributed by atoms with van der Waals surface area (Å²) < 4.78 is 6.18. The van der Waals surface area contributed by atoms with E-state index >= 15 is 0 Å². The molecule has 5 rings (SSSR count). The Morgan fingerprint density at radius 2 is 1.81 bits per heavy atom. The fourth-order valence-electron chi connectivity index (χ4n) is 5.98. The zero-order valence-corrected chi connectivity index (χ0v) is 21.9. The van der Waals surface area contributed by atoms with Gasteiger partial charge in [0, 0.05) is 63.7 Å². The largest absolute Gasteiger partial charge is 0.489 e. The summed E-state index contributed by atoms with van der Waals surface area (Å²) in [6.45, 7) is 5.85. The molecule has 3 amide bonds. The molecule has 3 fully saturated rings. The van der Waals surface area contributed by atoms with Crippen LogP contribution in [0.5, 0.6) is 5.75 Å². The lowest BCUT2D eigenvalue weighted by Crippen LogP contribution is -2.51. The average Bonchev–Trinajstić information content (AvgIpc) is 3.71. The molecule has 2 atom stereocenters. The van der Waals surface area contributed by atoms with Gasteiger partial charge in [0.2, 0.25) is 17.7 Å². The van der Waals surface area contributed by atoms with Gasteiger partial charge in [-0.2, -0.15) is 0 Å². The van der Waals surface area contributed by atoms with Crippen molar-refractivity contribution in [3.63, 3.8) is 0 Å². The molecule has 1 saturated carbocycles. The maximum Gasteiger partial charge on any atom is 0.236 e. The van der Waals surface area contributed by atoms with Crippen LogP contribution in [0.15, 0.2) is 36.4 Å². The molecule has 0 aromatic heterocycles. The van der Waals surface area contributed by atoms with Crippen LogP contribution in [0.1, 0.15) is 51.0 Å². The Bertz CT molecular complexity index is 1010. The standard InChI is InChI=1S/C29H40N4O4/c1-21(34)31-14-11-26(12-15-31)33-19-24-5-2-3-7-27(24)37-16-4-6-23-18-32(29(36)20-33)13-10-22(23)17-28(35)30-25-8-9-25/h2-7,22-23,25-26H,8-20H2,1H3,(H,30,35)/b6-4-/t22-,23-/m0/s1. The van der Waals surface area contributed by atoms with E-state index in [-0.39, 0.29) is 35.6 Å². The van der Waals surface area contributed by atoms with E-state index in [4.69, 9.17) is 4.74 Å². The van der Waals surface area contributed by atoms with Crippen LogP contribution >= 0.6 is 0 Å². The summed E-state index contributed by atoms with van der Waals surface area (Å²) in [4.78, 5) is 44.2. The molecule has 200 valence electrons. The van der Waals surface area contributed by atoms with Crippen LogP contribution in [0.25, 0.3) is 0 Å². The third-order valence-electron chi connectivity index (χ3n) is 8.38. The number of likely N-dealkylation sites (tertiary alicyclic amines) is 1. The highest BCUT2D eigenvalue weighted by Crippen LogP contribution is 2.30. The molecule has 0 unspecified atom stereocenters. The third-order valence-corrected chi connectivity index (χ3v) is 8.38. The van der Waals surface area contributed by atoms with Crippen molar-refractivity contribution in [3.05, 3.63) is 42.0 Å². The first-order valence-corrected chi connectivity index (χ1v) is 13.9. The normalized spacial score (nSPS) is 26.7. The number of hydrogen-bond acceptors (Lipinski definition) is 5. The molecule has 8 nitrogen and oxygen atoms in total. The van der Waals surface area contributed by atoms with E-state index in [1.54, 1.807) is 6.92 Å². The summed E-state index contributed by atoms with van der Waals surface area (Å²) in [6.07, 6.45) is 9.44. The Labute approximate surface area is 220 Å². The first kappa shape index (κ1) is 25.8. The molecule has 0 radical (unpaired) electrons. The molecule has 3 heterocycles. The van der Waals surface area contributed by atoms with Gasteiger partial charge in [0.15, 0.2) is 0 Å². The topological polar surface area (TPSA) is 82.2 Å². The SMILES string of the molecule is CC(=O)N1CCC(N2CC(=O)N3CC[C@@H](CC(=O)NC4CC4)[C@@H](/C=C\COc4ccccc4C2)C3)CC1. The molecule has 0 spiro atoms. The average molecular weight is 509 g/mol. The van der Waals surface area contributed by atoms with E-state index in [0.717, 1.165) is 56.5 Å². The van der Waals surface area contributed by atoms with Gasteiger partial charge in [0.1, 0.15) is 12.4 Å². The molecule has 8 heteroatoms. The highest BCUT2D eigenvalue weighted by molar-refractivity contribution is 5.79. The van der Waals surface area contributed by atoms with Crippen LogP contribution in [0.3, 0.4) is 0 Å². The van der Waals surface area contributed by atoms with E-state index in [0.29, 0.717) is 45.2 Å². The zero-order valence-electron chi connectivity index (χ0n) is 21.9. The number of fused-ring (bicyclic) bond motifs is 3. The molecule has 4 aliphatic rings. The number of carbonyl (C=O) groups excluding carboxylic acids is 3. The van der Waals surface area contributed by atoms with Gasteiger partial charge in [-0.25, -0.2) is 0 Å². The summed E-state index contributed by atoms with van der Waals surface area (Å²) in [7, 11) is 0. The molecule has 1 aromatic rings. The van der Waals surface area contributed by atoms with Crippen LogP contribution in [-0.2, 0) is 20.9 Å². The number of nitrogens with zero attached hydrogens (tertiary/aromatic N) is 3. The van der Waals surface area contributed by atoms with E-state index in [1.165, 1.54) is 0 Å². The van der Waals surface area contributed by atoms with E-state index in [2.05, 4.69) is 22.4 Å². The van der Waals surface area contributed by atoms with Gasteiger partial charge in [0.05, 0.1) is 6.54 Å². The Balaban J connectivity index is 1.33. The molecule has 1 N–H and O–H groups in total. The quantitative estimate of drug-likeness (QED) is 0.633. The summed E-state index contributed by atoms with van der Waals surface area (Å²) >= 11 is 0. The lowest BCUT2D eigenvalue weighted by atomic mass is 9.82. The fourth-order valence-corrected chi connectivity index (χ4v) is 5.98. The number of nitrogens with one attached hydrogen (secondary N) is 1. The maximum absolute atomic E-state index is 13.6. The number of piperidine rings is 2. The number of benzene rings is 1. The molecule has 2 bridgehead atoms. The van der Waals surface area contributed by atoms with Gasteiger partial charge in [-0.1, -0.05) is 30.4 Å². The second kappa shape index (κ2) is 11.7. The molecular weight excluding hydrogens is 468 g/mol. The summed E-state index contributed by atoms with van der Waals surface area (Å²) in [5.41, 5.74) is 1.07. The molecule has 3 aliphatic heterocycles. The highest BCUT2D eigenvalue weighted by Gasteiger charge is 2.35. The molecule has 1 aliphatic carbocycles. The van der Waals surface area contributed by atoms with Crippen molar-refractivity contribution in [3.8, 4) is 5.75 Å². The fraction of sp³-hybridized carbons (Fsp3) is 0.621. The minimum Gasteiger partial charge on any atom is -0.489 e. The van der Waals surface area contributed by atoms with Gasteiger partial charge in [-0.05, 0) is 50.0 Å². The monoisotopic (exact) mass is 508 g/mol. The van der Waals surface area contributed by atoms with Gasteiger partial charge in [-0.15, -0.1) is 0 Å². The first-order valence-electron chi connectivity index (χ1n) is 13.9. The van der Waals surface area contributed by atoms with Crippen molar-refractivity contribution >= 4 is 17.7 Å². The number of carbonyl (C=O) groups is 3. The third kappa shape index (κ3) is 6.72. The minimum absolute atomic E-state index is 0.116. The van der Waals surface area contributed by atoms with Crippen molar-refractivity contribution in [2.45, 2.75) is 64.1 Å². The summed E-state index contributed by atoms with van der Waals surface area (Å²) in [6, 6.07) is 8.67. The van der Waals surface area contributed by atoms with E-state index in [1.807, 2.05) is 34.1 Å². The van der Waals surface area contributed by atoms with Crippen LogP contribution in [0.2, 0.25) is 0 Å². The predicted octanol–water partition coefficient (Wildman–Crippen LogP) is 2.58. The minimum atomic E-state index is 0.116. The summed E-state index contributed by atoms with van der Waals surface area (Å²) in [5.74, 6) is 1.60. The maximum atomic E-state index is 13.6. The number of amides is 3. The molecular formula is C29H40N4O4. The smallest absolute Gasteiger partial charge is 0.236 e. The van der Waals surface area contributed by atoms with Gasteiger partial charge in [0.25, 0.3) is 0 Å². The predicted molar refractivity (Wildman–Crippen MR) is 141 cm³/mol.